The molecule has 1 aliphatic heterocycles. The Hall–Kier alpha value is -2.70. The van der Waals surface area contributed by atoms with Gasteiger partial charge in [0.05, 0.1) is 12.9 Å². The van der Waals surface area contributed by atoms with E-state index < -0.39 is 0 Å². The standard InChI is InChI=1S/C16H17FN4O2/c1-19-11-18-14(8-15(19)22)20-6-7-21(16(23)10-20)9-12-2-4-13(17)5-3-12/h2-5,8,11H,6-7,9-10H2,1H3. The Balaban J connectivity index is 1.67. The Morgan fingerprint density at radius 1 is 1.17 bits per heavy atom. The fraction of sp³-hybridized carbons (Fsp3) is 0.312. The van der Waals surface area contributed by atoms with E-state index in [1.54, 1.807) is 29.0 Å². The second-order valence-electron chi connectivity index (χ2n) is 5.56. The fourth-order valence-corrected chi connectivity index (χ4v) is 2.51. The van der Waals surface area contributed by atoms with E-state index in [0.717, 1.165) is 5.56 Å². The van der Waals surface area contributed by atoms with Gasteiger partial charge in [-0.05, 0) is 17.7 Å². The Kier molecular flexibility index (Phi) is 4.10. The highest BCUT2D eigenvalue weighted by Gasteiger charge is 2.25. The first-order valence-corrected chi connectivity index (χ1v) is 7.33. The molecule has 0 saturated carbocycles. The van der Waals surface area contributed by atoms with Crippen molar-refractivity contribution >= 4 is 11.7 Å². The summed E-state index contributed by atoms with van der Waals surface area (Å²) in [4.78, 5) is 31.7. The molecule has 0 aliphatic carbocycles. The number of carbonyl (C=O) groups is 1. The van der Waals surface area contributed by atoms with Crippen molar-refractivity contribution in [3.05, 3.63) is 58.4 Å². The normalized spacial score (nSPS) is 15.1. The van der Waals surface area contributed by atoms with Gasteiger partial charge in [0.15, 0.2) is 0 Å². The molecule has 1 aromatic carbocycles. The molecular weight excluding hydrogens is 299 g/mol. The van der Waals surface area contributed by atoms with E-state index in [4.69, 9.17) is 0 Å². The largest absolute Gasteiger partial charge is 0.345 e. The molecule has 0 spiro atoms. The molecule has 1 aliphatic rings. The van der Waals surface area contributed by atoms with Crippen molar-refractivity contribution in [2.75, 3.05) is 24.5 Å². The maximum Gasteiger partial charge on any atom is 0.255 e. The zero-order valence-corrected chi connectivity index (χ0v) is 12.8. The summed E-state index contributed by atoms with van der Waals surface area (Å²) in [5.74, 6) is 0.188. The van der Waals surface area contributed by atoms with Crippen LogP contribution in [0.5, 0.6) is 0 Å². The third kappa shape index (κ3) is 3.39. The Morgan fingerprint density at radius 3 is 2.57 bits per heavy atom. The van der Waals surface area contributed by atoms with E-state index in [1.165, 1.54) is 29.1 Å². The van der Waals surface area contributed by atoms with E-state index in [9.17, 15) is 14.0 Å². The number of hydrogen-bond donors (Lipinski definition) is 0. The first kappa shape index (κ1) is 15.2. The van der Waals surface area contributed by atoms with Crippen LogP contribution in [0.25, 0.3) is 0 Å². The molecule has 0 atom stereocenters. The molecule has 6 nitrogen and oxygen atoms in total. The first-order valence-electron chi connectivity index (χ1n) is 7.33. The molecule has 23 heavy (non-hydrogen) atoms. The van der Waals surface area contributed by atoms with Crippen LogP contribution in [0, 0.1) is 5.82 Å². The molecule has 0 bridgehead atoms. The van der Waals surface area contributed by atoms with Gasteiger partial charge in [-0.3, -0.25) is 9.59 Å². The highest BCUT2D eigenvalue weighted by atomic mass is 19.1. The SMILES string of the molecule is Cn1cnc(N2CCN(Cc3ccc(F)cc3)C(=O)C2)cc1=O. The highest BCUT2D eigenvalue weighted by molar-refractivity contribution is 5.82. The summed E-state index contributed by atoms with van der Waals surface area (Å²) in [6, 6.07) is 7.57. The predicted octanol–water partition coefficient (Wildman–Crippen LogP) is 0.768. The molecular formula is C16H17FN4O2. The lowest BCUT2D eigenvalue weighted by molar-refractivity contribution is -0.131. The van der Waals surface area contributed by atoms with E-state index in [0.29, 0.717) is 25.5 Å². The lowest BCUT2D eigenvalue weighted by Gasteiger charge is -2.35. The zero-order chi connectivity index (χ0) is 16.4. The number of carbonyl (C=O) groups excluding carboxylic acids is 1. The van der Waals surface area contributed by atoms with Crippen molar-refractivity contribution in [2.45, 2.75) is 6.54 Å². The molecule has 2 heterocycles. The minimum absolute atomic E-state index is 0.0388. The van der Waals surface area contributed by atoms with Crippen LogP contribution < -0.4 is 10.5 Å². The molecule has 120 valence electrons. The van der Waals surface area contributed by atoms with Crippen LogP contribution in [0.15, 0.2) is 41.5 Å². The van der Waals surface area contributed by atoms with Gasteiger partial charge in [-0.1, -0.05) is 12.1 Å². The maximum absolute atomic E-state index is 12.9. The second kappa shape index (κ2) is 6.20. The number of rotatable bonds is 3. The Bertz CT molecular complexity index is 772. The molecule has 0 unspecified atom stereocenters. The summed E-state index contributed by atoms with van der Waals surface area (Å²) in [5.41, 5.74) is 0.732. The van der Waals surface area contributed by atoms with Crippen molar-refractivity contribution in [1.82, 2.24) is 14.5 Å². The van der Waals surface area contributed by atoms with Crippen molar-refractivity contribution in [3.63, 3.8) is 0 Å². The molecule has 7 heteroatoms. The molecule has 1 fully saturated rings. The number of piperazine rings is 1. The molecule has 0 radical (unpaired) electrons. The van der Waals surface area contributed by atoms with Gasteiger partial charge in [-0.2, -0.15) is 0 Å². The van der Waals surface area contributed by atoms with Gasteiger partial charge in [0.25, 0.3) is 5.56 Å². The van der Waals surface area contributed by atoms with Crippen molar-refractivity contribution in [1.29, 1.82) is 0 Å². The Labute approximate surface area is 132 Å². The zero-order valence-electron chi connectivity index (χ0n) is 12.8. The van der Waals surface area contributed by atoms with E-state index in [-0.39, 0.29) is 23.8 Å². The lowest BCUT2D eigenvalue weighted by Crippen LogP contribution is -2.50. The molecule has 2 aromatic rings. The van der Waals surface area contributed by atoms with Crippen LogP contribution in [0.3, 0.4) is 0 Å². The summed E-state index contributed by atoms with van der Waals surface area (Å²) in [6.45, 7) is 1.78. The van der Waals surface area contributed by atoms with E-state index >= 15 is 0 Å². The number of aromatic nitrogens is 2. The monoisotopic (exact) mass is 316 g/mol. The average molecular weight is 316 g/mol. The smallest absolute Gasteiger partial charge is 0.255 e. The van der Waals surface area contributed by atoms with Crippen LogP contribution >= 0.6 is 0 Å². The first-order chi connectivity index (χ1) is 11.0. The summed E-state index contributed by atoms with van der Waals surface area (Å²) < 4.78 is 14.3. The molecule has 1 amide bonds. The fourth-order valence-electron chi connectivity index (χ4n) is 2.51. The molecule has 0 N–H and O–H groups in total. The third-order valence-electron chi connectivity index (χ3n) is 3.89. The quantitative estimate of drug-likeness (QED) is 0.839. The van der Waals surface area contributed by atoms with E-state index in [2.05, 4.69) is 4.98 Å². The van der Waals surface area contributed by atoms with Crippen LogP contribution in [0.4, 0.5) is 10.2 Å². The number of anilines is 1. The van der Waals surface area contributed by atoms with Gasteiger partial charge in [-0.25, -0.2) is 9.37 Å². The topological polar surface area (TPSA) is 58.4 Å². The highest BCUT2D eigenvalue weighted by Crippen LogP contribution is 2.14. The van der Waals surface area contributed by atoms with Crippen LogP contribution in [0.2, 0.25) is 0 Å². The van der Waals surface area contributed by atoms with Crippen molar-refractivity contribution in [3.8, 4) is 0 Å². The van der Waals surface area contributed by atoms with Gasteiger partial charge in [0.2, 0.25) is 5.91 Å². The summed E-state index contributed by atoms with van der Waals surface area (Å²) in [7, 11) is 1.63. The van der Waals surface area contributed by atoms with Crippen LogP contribution in [-0.2, 0) is 18.4 Å². The van der Waals surface area contributed by atoms with Crippen LogP contribution in [-0.4, -0.2) is 40.0 Å². The number of aryl methyl sites for hydroxylation is 1. The summed E-state index contributed by atoms with van der Waals surface area (Å²) in [5, 5.41) is 0. The molecule has 1 aromatic heterocycles. The van der Waals surface area contributed by atoms with Crippen molar-refractivity contribution < 1.29 is 9.18 Å². The minimum atomic E-state index is -0.290. The third-order valence-corrected chi connectivity index (χ3v) is 3.89. The van der Waals surface area contributed by atoms with Gasteiger partial charge in [0, 0.05) is 32.7 Å². The van der Waals surface area contributed by atoms with Gasteiger partial charge in [0.1, 0.15) is 11.6 Å². The number of amides is 1. The number of nitrogens with zero attached hydrogens (tertiary/aromatic N) is 4. The van der Waals surface area contributed by atoms with Gasteiger partial charge >= 0.3 is 0 Å². The van der Waals surface area contributed by atoms with Gasteiger partial charge in [-0.15, -0.1) is 0 Å². The number of halogens is 1. The van der Waals surface area contributed by atoms with Crippen LogP contribution in [0.1, 0.15) is 5.56 Å². The number of hydrogen-bond acceptors (Lipinski definition) is 4. The van der Waals surface area contributed by atoms with Crippen molar-refractivity contribution in [2.24, 2.45) is 7.05 Å². The number of benzene rings is 1. The maximum atomic E-state index is 12.9. The Morgan fingerprint density at radius 2 is 1.91 bits per heavy atom. The lowest BCUT2D eigenvalue weighted by atomic mass is 10.2. The average Bonchev–Trinajstić information content (AvgIpc) is 2.54. The summed E-state index contributed by atoms with van der Waals surface area (Å²) >= 11 is 0. The second-order valence-corrected chi connectivity index (χ2v) is 5.56. The summed E-state index contributed by atoms with van der Waals surface area (Å²) in [6.07, 6.45) is 1.45. The van der Waals surface area contributed by atoms with Gasteiger partial charge < -0.3 is 14.4 Å². The predicted molar refractivity (Wildman–Crippen MR) is 83.5 cm³/mol. The molecule has 3 rings (SSSR count). The minimum Gasteiger partial charge on any atom is -0.345 e. The molecule has 1 saturated heterocycles. The van der Waals surface area contributed by atoms with E-state index in [1.807, 2.05) is 0 Å².